The summed E-state index contributed by atoms with van der Waals surface area (Å²) < 4.78 is 16.3. The molecule has 0 amide bonds. The Labute approximate surface area is 245 Å². The van der Waals surface area contributed by atoms with Crippen LogP contribution in [0.4, 0.5) is 27.2 Å². The smallest absolute Gasteiger partial charge is 0.308 e. The van der Waals surface area contributed by atoms with Crippen LogP contribution in [0.2, 0.25) is 0 Å². The lowest BCUT2D eigenvalue weighted by atomic mass is 10.2. The normalized spacial score (nSPS) is 11.4. The average molecular weight is 595 g/mol. The zero-order chi connectivity index (χ0) is 29.0. The number of ether oxygens (including phenoxy) is 3. The molecule has 0 bridgehead atoms. The monoisotopic (exact) mass is 594 g/mol. The van der Waals surface area contributed by atoms with E-state index >= 15 is 0 Å². The Morgan fingerprint density at radius 2 is 1.56 bits per heavy atom. The molecule has 11 nitrogen and oxygen atoms in total. The third-order valence-corrected chi connectivity index (χ3v) is 7.57. The maximum Gasteiger partial charge on any atom is 0.308 e. The second-order valence-corrected chi connectivity index (χ2v) is 10.4. The summed E-state index contributed by atoms with van der Waals surface area (Å²) in [5.74, 6) is 0.0622. The Balaban J connectivity index is 1.30. The number of hydrogen-bond donors (Lipinski definition) is 0. The van der Waals surface area contributed by atoms with Crippen LogP contribution in [-0.4, -0.2) is 43.4 Å². The molecule has 41 heavy (non-hydrogen) atoms. The van der Waals surface area contributed by atoms with Gasteiger partial charge in [0.2, 0.25) is 11.9 Å². The molecule has 0 aliphatic rings. The Hall–Kier alpha value is -4.23. The first-order chi connectivity index (χ1) is 20.0. The summed E-state index contributed by atoms with van der Waals surface area (Å²) in [6.07, 6.45) is 0.648. The topological polar surface area (TPSA) is 127 Å². The highest BCUT2D eigenvalue weighted by Gasteiger charge is 2.10. The standard InChI is InChI=1S/C28H30N6O5S2/c1-4-25(35)39-18-38-22-13-9-20(10-14-22)30-32-24-17-23-27(41-24)29-28(40-23)33-31-19-7-11-21(12-8-19)34(5-2)16-15-26(36)37-6-3/h7-14,17H,4-6,15-16,18H2,1-3H3. The van der Waals surface area contributed by atoms with Gasteiger partial charge in [0.1, 0.15) is 15.6 Å². The van der Waals surface area contributed by atoms with Crippen LogP contribution in [0.5, 0.6) is 5.75 Å². The molecule has 0 fully saturated rings. The molecule has 0 saturated carbocycles. The molecule has 0 saturated heterocycles. The fraction of sp³-hybridized carbons (Fsp3) is 0.321. The fourth-order valence-electron chi connectivity index (χ4n) is 3.54. The van der Waals surface area contributed by atoms with Crippen molar-refractivity contribution in [1.29, 1.82) is 0 Å². The number of azo groups is 2. The number of carbonyl (C=O) groups is 2. The predicted octanol–water partition coefficient (Wildman–Crippen LogP) is 8.26. The van der Waals surface area contributed by atoms with Crippen molar-refractivity contribution in [1.82, 2.24) is 4.98 Å². The number of hydrogen-bond acceptors (Lipinski definition) is 13. The summed E-state index contributed by atoms with van der Waals surface area (Å²) in [4.78, 5) is 30.3. The van der Waals surface area contributed by atoms with Gasteiger partial charge in [0.15, 0.2) is 0 Å². The molecule has 214 valence electrons. The Bertz CT molecular complexity index is 1470. The molecule has 4 aromatic rings. The minimum atomic E-state index is -0.314. The van der Waals surface area contributed by atoms with Gasteiger partial charge in [-0.05, 0) is 68.4 Å². The van der Waals surface area contributed by atoms with Crippen LogP contribution in [-0.2, 0) is 19.1 Å². The van der Waals surface area contributed by atoms with Crippen molar-refractivity contribution < 1.29 is 23.8 Å². The van der Waals surface area contributed by atoms with E-state index in [0.717, 1.165) is 26.8 Å². The minimum Gasteiger partial charge on any atom is -0.466 e. The van der Waals surface area contributed by atoms with Crippen LogP contribution in [0.15, 0.2) is 75.1 Å². The van der Waals surface area contributed by atoms with Gasteiger partial charge in [-0.25, -0.2) is 4.98 Å². The Kier molecular flexibility index (Phi) is 10.9. The molecule has 13 heteroatoms. The zero-order valence-electron chi connectivity index (χ0n) is 23.0. The first-order valence-electron chi connectivity index (χ1n) is 13.1. The van der Waals surface area contributed by atoms with Gasteiger partial charge in [-0.15, -0.1) is 20.5 Å². The molecule has 0 radical (unpaired) electrons. The first-order valence-corrected chi connectivity index (χ1v) is 14.7. The molecular weight excluding hydrogens is 564 g/mol. The van der Waals surface area contributed by atoms with E-state index in [9.17, 15) is 9.59 Å². The van der Waals surface area contributed by atoms with Crippen LogP contribution in [0.3, 0.4) is 0 Å². The lowest BCUT2D eigenvalue weighted by Crippen LogP contribution is -2.26. The molecule has 0 spiro atoms. The number of thiophene rings is 1. The lowest BCUT2D eigenvalue weighted by Gasteiger charge is -2.22. The molecule has 0 aliphatic carbocycles. The van der Waals surface area contributed by atoms with Crippen molar-refractivity contribution in [2.45, 2.75) is 33.6 Å². The molecule has 2 heterocycles. The summed E-state index contributed by atoms with van der Waals surface area (Å²) in [5, 5.41) is 18.5. The van der Waals surface area contributed by atoms with Gasteiger partial charge in [-0.1, -0.05) is 29.6 Å². The minimum absolute atomic E-state index is 0.127. The highest BCUT2D eigenvalue weighted by atomic mass is 32.1. The number of esters is 2. The molecule has 2 aromatic heterocycles. The van der Waals surface area contributed by atoms with Gasteiger partial charge in [0, 0.05) is 25.2 Å². The van der Waals surface area contributed by atoms with E-state index in [4.69, 9.17) is 14.2 Å². The van der Waals surface area contributed by atoms with Crippen LogP contribution in [0, 0.1) is 0 Å². The van der Waals surface area contributed by atoms with Crippen molar-refractivity contribution in [2.75, 3.05) is 31.4 Å². The number of rotatable bonds is 14. The van der Waals surface area contributed by atoms with Crippen molar-refractivity contribution >= 4 is 71.3 Å². The number of fused-ring (bicyclic) bond motifs is 1. The van der Waals surface area contributed by atoms with E-state index in [0.29, 0.717) is 48.2 Å². The number of nitrogens with zero attached hydrogens (tertiary/aromatic N) is 6. The molecule has 0 aliphatic heterocycles. The van der Waals surface area contributed by atoms with Crippen LogP contribution >= 0.6 is 22.7 Å². The van der Waals surface area contributed by atoms with Gasteiger partial charge >= 0.3 is 11.9 Å². The fourth-order valence-corrected chi connectivity index (χ4v) is 5.39. The van der Waals surface area contributed by atoms with Gasteiger partial charge in [0.05, 0.1) is 29.1 Å². The number of thiazole rings is 1. The molecule has 0 atom stereocenters. The van der Waals surface area contributed by atoms with Crippen LogP contribution in [0.1, 0.15) is 33.6 Å². The predicted molar refractivity (Wildman–Crippen MR) is 160 cm³/mol. The van der Waals surface area contributed by atoms with E-state index in [-0.39, 0.29) is 18.7 Å². The molecule has 0 N–H and O–H groups in total. The highest BCUT2D eigenvalue weighted by molar-refractivity contribution is 7.30. The van der Waals surface area contributed by atoms with Gasteiger partial charge in [0.25, 0.3) is 0 Å². The number of aromatic nitrogens is 1. The summed E-state index contributed by atoms with van der Waals surface area (Å²) in [7, 11) is 0. The van der Waals surface area contributed by atoms with Crippen molar-refractivity contribution in [3.8, 4) is 5.75 Å². The summed E-state index contributed by atoms with van der Waals surface area (Å²) in [6.45, 7) is 7.21. The molecule has 0 unspecified atom stereocenters. The van der Waals surface area contributed by atoms with Gasteiger partial charge in [-0.3, -0.25) is 9.59 Å². The second kappa shape index (κ2) is 15.0. The molecular formula is C28H30N6O5S2. The SMILES string of the molecule is CCOC(=O)CCN(CC)c1ccc(N=Nc2nc3sc(N=Nc4ccc(OCOC(=O)CC)cc4)cc3s2)cc1. The van der Waals surface area contributed by atoms with Crippen LogP contribution in [0.25, 0.3) is 9.53 Å². The lowest BCUT2D eigenvalue weighted by molar-refractivity contribution is -0.149. The highest BCUT2D eigenvalue weighted by Crippen LogP contribution is 2.39. The quantitative estimate of drug-likeness (QED) is 0.0816. The largest absolute Gasteiger partial charge is 0.466 e. The number of anilines is 1. The Morgan fingerprint density at radius 3 is 2.22 bits per heavy atom. The summed E-state index contributed by atoms with van der Waals surface area (Å²) in [6, 6.07) is 16.6. The van der Waals surface area contributed by atoms with Crippen molar-refractivity contribution in [3.05, 3.63) is 54.6 Å². The summed E-state index contributed by atoms with van der Waals surface area (Å²) in [5.41, 5.74) is 2.38. The molecule has 2 aromatic carbocycles. The van der Waals surface area contributed by atoms with Gasteiger partial charge in [-0.2, -0.15) is 0 Å². The number of benzene rings is 2. The first kappa shape index (κ1) is 29.7. The third-order valence-electron chi connectivity index (χ3n) is 5.64. The van der Waals surface area contributed by atoms with E-state index in [1.807, 2.05) is 37.3 Å². The maximum atomic E-state index is 11.7. The second-order valence-electron chi connectivity index (χ2n) is 8.43. The third kappa shape index (κ3) is 8.88. The maximum absolute atomic E-state index is 11.7. The van der Waals surface area contributed by atoms with E-state index in [1.165, 1.54) is 22.7 Å². The van der Waals surface area contributed by atoms with E-state index in [2.05, 4.69) is 30.3 Å². The van der Waals surface area contributed by atoms with Crippen molar-refractivity contribution in [3.63, 3.8) is 0 Å². The van der Waals surface area contributed by atoms with Crippen LogP contribution < -0.4 is 9.64 Å². The van der Waals surface area contributed by atoms with E-state index in [1.54, 1.807) is 38.1 Å². The zero-order valence-corrected chi connectivity index (χ0v) is 24.6. The summed E-state index contributed by atoms with van der Waals surface area (Å²) >= 11 is 2.85. The van der Waals surface area contributed by atoms with E-state index < -0.39 is 0 Å². The van der Waals surface area contributed by atoms with Gasteiger partial charge < -0.3 is 19.1 Å². The number of carbonyl (C=O) groups excluding carboxylic acids is 2. The average Bonchev–Trinajstić information content (AvgIpc) is 3.55. The Morgan fingerprint density at radius 1 is 0.854 bits per heavy atom. The molecule has 4 rings (SSSR count). The van der Waals surface area contributed by atoms with Crippen molar-refractivity contribution in [2.24, 2.45) is 20.5 Å².